The van der Waals surface area contributed by atoms with E-state index in [0.29, 0.717) is 10.8 Å². The lowest BCUT2D eigenvalue weighted by atomic mass is 10.1. The molecule has 1 aliphatic rings. The highest BCUT2D eigenvalue weighted by Gasteiger charge is 2.16. The summed E-state index contributed by atoms with van der Waals surface area (Å²) in [5.74, 6) is 0.363. The van der Waals surface area contributed by atoms with Crippen LogP contribution in [0.1, 0.15) is 28.8 Å². The summed E-state index contributed by atoms with van der Waals surface area (Å²) in [6.07, 6.45) is 2.50. The summed E-state index contributed by atoms with van der Waals surface area (Å²) in [6.45, 7) is 2.76. The van der Waals surface area contributed by atoms with E-state index in [4.69, 9.17) is 5.11 Å². The predicted octanol–water partition coefficient (Wildman–Crippen LogP) is 3.00. The van der Waals surface area contributed by atoms with E-state index >= 15 is 0 Å². The molecular weight excluding hydrogens is 234 g/mol. The van der Waals surface area contributed by atoms with Crippen LogP contribution >= 0.6 is 11.8 Å². The van der Waals surface area contributed by atoms with Gasteiger partial charge in [-0.1, -0.05) is 11.6 Å². The third kappa shape index (κ3) is 3.16. The van der Waals surface area contributed by atoms with Gasteiger partial charge in [0.15, 0.2) is 0 Å². The van der Waals surface area contributed by atoms with Crippen molar-refractivity contribution in [3.8, 4) is 0 Å². The Morgan fingerprint density at radius 2 is 2.41 bits per heavy atom. The predicted molar refractivity (Wildman–Crippen MR) is 72.1 cm³/mol. The van der Waals surface area contributed by atoms with Crippen LogP contribution in [0.2, 0.25) is 0 Å². The molecule has 0 radical (unpaired) electrons. The number of benzene rings is 1. The molecule has 1 aromatic carbocycles. The van der Waals surface area contributed by atoms with Crippen molar-refractivity contribution in [3.05, 3.63) is 29.3 Å². The van der Waals surface area contributed by atoms with Crippen LogP contribution in [0.25, 0.3) is 0 Å². The molecule has 1 aromatic rings. The molecule has 1 aliphatic heterocycles. The van der Waals surface area contributed by atoms with Crippen LogP contribution in [0.5, 0.6) is 0 Å². The molecule has 1 unspecified atom stereocenters. The molecule has 1 saturated heterocycles. The lowest BCUT2D eigenvalue weighted by Crippen LogP contribution is -2.15. The summed E-state index contributed by atoms with van der Waals surface area (Å²) in [5, 5.41) is 13.0. The van der Waals surface area contributed by atoms with E-state index < -0.39 is 5.97 Å². The molecule has 2 rings (SSSR count). The van der Waals surface area contributed by atoms with Crippen molar-refractivity contribution in [3.63, 3.8) is 0 Å². The molecule has 17 heavy (non-hydrogen) atoms. The summed E-state index contributed by atoms with van der Waals surface area (Å²) in [6, 6.07) is 5.52. The first-order valence-electron chi connectivity index (χ1n) is 5.86. The number of thioether (sulfide) groups is 1. The number of anilines is 1. The second-order valence-electron chi connectivity index (χ2n) is 4.37. The van der Waals surface area contributed by atoms with Crippen LogP contribution in [0.15, 0.2) is 18.2 Å². The van der Waals surface area contributed by atoms with E-state index in [2.05, 4.69) is 5.32 Å². The van der Waals surface area contributed by atoms with E-state index in [1.54, 1.807) is 6.07 Å². The molecule has 0 spiro atoms. The maximum absolute atomic E-state index is 11.1. The average molecular weight is 251 g/mol. The quantitative estimate of drug-likeness (QED) is 0.863. The molecule has 3 nitrogen and oxygen atoms in total. The van der Waals surface area contributed by atoms with Gasteiger partial charge in [-0.25, -0.2) is 4.79 Å². The normalized spacial score (nSPS) is 19.2. The van der Waals surface area contributed by atoms with Gasteiger partial charge in [0.1, 0.15) is 0 Å². The van der Waals surface area contributed by atoms with Gasteiger partial charge in [0.2, 0.25) is 0 Å². The lowest BCUT2D eigenvalue weighted by Gasteiger charge is -2.13. The fourth-order valence-corrected chi connectivity index (χ4v) is 3.22. The van der Waals surface area contributed by atoms with Crippen molar-refractivity contribution in [1.82, 2.24) is 0 Å². The van der Waals surface area contributed by atoms with Crippen LogP contribution in [0.3, 0.4) is 0 Å². The van der Waals surface area contributed by atoms with Gasteiger partial charge < -0.3 is 10.4 Å². The van der Waals surface area contributed by atoms with Crippen molar-refractivity contribution in [2.75, 3.05) is 17.6 Å². The Bertz CT molecular complexity index is 414. The number of aromatic carboxylic acids is 1. The summed E-state index contributed by atoms with van der Waals surface area (Å²) in [4.78, 5) is 11.1. The van der Waals surface area contributed by atoms with Gasteiger partial charge in [0.25, 0.3) is 0 Å². The SMILES string of the molecule is Cc1ccc(NCC2CCCS2)c(C(=O)O)c1. The zero-order chi connectivity index (χ0) is 12.3. The lowest BCUT2D eigenvalue weighted by molar-refractivity contribution is 0.0698. The first-order chi connectivity index (χ1) is 8.16. The number of hydrogen-bond acceptors (Lipinski definition) is 3. The fraction of sp³-hybridized carbons (Fsp3) is 0.462. The van der Waals surface area contributed by atoms with E-state index in [0.717, 1.165) is 17.8 Å². The molecule has 92 valence electrons. The van der Waals surface area contributed by atoms with Gasteiger partial charge in [0, 0.05) is 17.5 Å². The van der Waals surface area contributed by atoms with Crippen LogP contribution in [0.4, 0.5) is 5.69 Å². The Kier molecular flexibility index (Phi) is 3.94. The second kappa shape index (κ2) is 5.45. The summed E-state index contributed by atoms with van der Waals surface area (Å²) >= 11 is 1.97. The highest BCUT2D eigenvalue weighted by Crippen LogP contribution is 2.27. The van der Waals surface area contributed by atoms with Crippen LogP contribution in [-0.2, 0) is 0 Å². The minimum atomic E-state index is -0.865. The summed E-state index contributed by atoms with van der Waals surface area (Å²) < 4.78 is 0. The number of carbonyl (C=O) groups is 1. The zero-order valence-corrected chi connectivity index (χ0v) is 10.7. The Morgan fingerprint density at radius 1 is 1.59 bits per heavy atom. The molecular formula is C13H17NO2S. The monoisotopic (exact) mass is 251 g/mol. The van der Waals surface area contributed by atoms with Crippen molar-refractivity contribution in [2.24, 2.45) is 0 Å². The second-order valence-corrected chi connectivity index (χ2v) is 5.78. The van der Waals surface area contributed by atoms with Gasteiger partial charge in [-0.2, -0.15) is 11.8 Å². The highest BCUT2D eigenvalue weighted by atomic mass is 32.2. The van der Waals surface area contributed by atoms with Gasteiger partial charge in [-0.3, -0.25) is 0 Å². The van der Waals surface area contributed by atoms with Gasteiger partial charge >= 0.3 is 5.97 Å². The van der Waals surface area contributed by atoms with Crippen molar-refractivity contribution in [2.45, 2.75) is 25.0 Å². The number of carboxylic acid groups (broad SMARTS) is 1. The Morgan fingerprint density at radius 3 is 3.06 bits per heavy atom. The van der Waals surface area contributed by atoms with Crippen LogP contribution in [0, 0.1) is 6.92 Å². The van der Waals surface area contributed by atoms with Crippen molar-refractivity contribution >= 4 is 23.4 Å². The van der Waals surface area contributed by atoms with Gasteiger partial charge in [0.05, 0.1) is 5.56 Å². The molecule has 2 N–H and O–H groups in total. The number of hydrogen-bond donors (Lipinski definition) is 2. The molecule has 0 saturated carbocycles. The molecule has 4 heteroatoms. The van der Waals surface area contributed by atoms with Crippen LogP contribution < -0.4 is 5.32 Å². The minimum Gasteiger partial charge on any atom is -0.478 e. The average Bonchev–Trinajstić information content (AvgIpc) is 2.80. The zero-order valence-electron chi connectivity index (χ0n) is 9.90. The van der Waals surface area contributed by atoms with Crippen molar-refractivity contribution in [1.29, 1.82) is 0 Å². The number of nitrogens with one attached hydrogen (secondary N) is 1. The maximum Gasteiger partial charge on any atom is 0.337 e. The van der Waals surface area contributed by atoms with Crippen molar-refractivity contribution < 1.29 is 9.90 Å². The highest BCUT2D eigenvalue weighted by molar-refractivity contribution is 8.00. The topological polar surface area (TPSA) is 49.3 Å². The van der Waals surface area contributed by atoms with E-state index in [1.165, 1.54) is 18.6 Å². The van der Waals surface area contributed by atoms with Gasteiger partial charge in [-0.05, 0) is 37.7 Å². The number of carboxylic acids is 1. The van der Waals surface area contributed by atoms with Gasteiger partial charge in [-0.15, -0.1) is 0 Å². The third-order valence-electron chi connectivity index (χ3n) is 2.95. The summed E-state index contributed by atoms with van der Waals surface area (Å²) in [5.41, 5.74) is 2.08. The van der Waals surface area contributed by atoms with E-state index in [-0.39, 0.29) is 0 Å². The Labute approximate surface area is 106 Å². The first kappa shape index (κ1) is 12.3. The van der Waals surface area contributed by atoms with E-state index in [1.807, 2.05) is 30.8 Å². The maximum atomic E-state index is 11.1. The first-order valence-corrected chi connectivity index (χ1v) is 6.91. The smallest absolute Gasteiger partial charge is 0.337 e. The molecule has 1 heterocycles. The molecule has 0 bridgehead atoms. The molecule has 0 aliphatic carbocycles. The molecule has 1 fully saturated rings. The minimum absolute atomic E-state index is 0.369. The molecule has 0 amide bonds. The largest absolute Gasteiger partial charge is 0.478 e. The Hall–Kier alpha value is -1.16. The molecule has 0 aromatic heterocycles. The standard InChI is InChI=1S/C13H17NO2S/c1-9-4-5-12(11(7-9)13(15)16)14-8-10-3-2-6-17-10/h4-5,7,10,14H,2-3,6,8H2,1H3,(H,15,16). The number of aryl methyl sites for hydroxylation is 1. The van der Waals surface area contributed by atoms with E-state index in [9.17, 15) is 4.79 Å². The molecule has 1 atom stereocenters. The third-order valence-corrected chi connectivity index (χ3v) is 4.35. The Balaban J connectivity index is 2.06. The van der Waals surface area contributed by atoms with Crippen LogP contribution in [-0.4, -0.2) is 28.6 Å². The fourth-order valence-electron chi connectivity index (χ4n) is 2.02. The number of rotatable bonds is 4. The summed E-state index contributed by atoms with van der Waals surface area (Å²) in [7, 11) is 0.